The SMILES string of the molecule is CCCNc1nnc(C(=O)Nc2ncnn2C)s1. The van der Waals surface area contributed by atoms with Gasteiger partial charge in [-0.05, 0) is 6.42 Å². The molecule has 0 saturated heterocycles. The van der Waals surface area contributed by atoms with Crippen molar-refractivity contribution in [2.24, 2.45) is 7.05 Å². The van der Waals surface area contributed by atoms with Gasteiger partial charge in [-0.1, -0.05) is 18.3 Å². The molecular weight excluding hydrogens is 254 g/mol. The summed E-state index contributed by atoms with van der Waals surface area (Å²) in [6.07, 6.45) is 2.35. The predicted molar refractivity (Wildman–Crippen MR) is 67.6 cm³/mol. The minimum absolute atomic E-state index is 0.289. The van der Waals surface area contributed by atoms with E-state index in [0.717, 1.165) is 13.0 Å². The van der Waals surface area contributed by atoms with Crippen molar-refractivity contribution in [3.63, 3.8) is 0 Å². The van der Waals surface area contributed by atoms with Gasteiger partial charge in [0.2, 0.25) is 16.1 Å². The topological polar surface area (TPSA) is 97.6 Å². The van der Waals surface area contributed by atoms with Crippen LogP contribution in [0.4, 0.5) is 11.1 Å². The van der Waals surface area contributed by atoms with E-state index in [1.54, 1.807) is 7.05 Å². The molecular formula is C9H13N7OS. The lowest BCUT2D eigenvalue weighted by Crippen LogP contribution is -2.15. The fourth-order valence-electron chi connectivity index (χ4n) is 1.18. The summed E-state index contributed by atoms with van der Waals surface area (Å²) < 4.78 is 1.47. The Morgan fingerprint density at radius 3 is 3.00 bits per heavy atom. The van der Waals surface area contributed by atoms with E-state index in [0.29, 0.717) is 11.1 Å². The van der Waals surface area contributed by atoms with Crippen molar-refractivity contribution >= 4 is 28.3 Å². The van der Waals surface area contributed by atoms with E-state index in [4.69, 9.17) is 0 Å². The number of rotatable bonds is 5. The van der Waals surface area contributed by atoms with Gasteiger partial charge < -0.3 is 5.32 Å². The van der Waals surface area contributed by atoms with Crippen LogP contribution in [0.15, 0.2) is 6.33 Å². The highest BCUT2D eigenvalue weighted by Gasteiger charge is 2.14. The van der Waals surface area contributed by atoms with E-state index in [1.165, 1.54) is 22.3 Å². The lowest BCUT2D eigenvalue weighted by Gasteiger charge is -1.99. The van der Waals surface area contributed by atoms with Gasteiger partial charge in [-0.3, -0.25) is 10.1 Å². The number of aryl methyl sites for hydroxylation is 1. The summed E-state index contributed by atoms with van der Waals surface area (Å²) in [5.41, 5.74) is 0. The van der Waals surface area contributed by atoms with E-state index in [-0.39, 0.29) is 10.9 Å². The maximum Gasteiger partial charge on any atom is 0.289 e. The highest BCUT2D eigenvalue weighted by atomic mass is 32.1. The molecule has 0 fully saturated rings. The summed E-state index contributed by atoms with van der Waals surface area (Å²) >= 11 is 1.21. The number of hydrogen-bond donors (Lipinski definition) is 2. The van der Waals surface area contributed by atoms with Crippen molar-refractivity contribution in [3.8, 4) is 0 Å². The van der Waals surface area contributed by atoms with E-state index in [2.05, 4.69) is 37.8 Å². The van der Waals surface area contributed by atoms with Crippen molar-refractivity contribution in [2.45, 2.75) is 13.3 Å². The molecule has 0 atom stereocenters. The number of aromatic nitrogens is 5. The third-order valence-electron chi connectivity index (χ3n) is 2.08. The molecule has 0 aliphatic heterocycles. The Labute approximate surface area is 107 Å². The first kappa shape index (κ1) is 12.4. The van der Waals surface area contributed by atoms with Crippen molar-refractivity contribution in [1.82, 2.24) is 25.0 Å². The molecule has 96 valence electrons. The standard InChI is InChI=1S/C9H13N7OS/c1-3-4-10-9-15-14-7(18-9)6(17)13-8-11-5-12-16(8)2/h5H,3-4H2,1-2H3,(H,10,15)(H,11,12,13,17). The molecule has 0 saturated carbocycles. The molecule has 8 nitrogen and oxygen atoms in total. The first-order chi connectivity index (χ1) is 8.70. The fraction of sp³-hybridized carbons (Fsp3) is 0.444. The van der Waals surface area contributed by atoms with Gasteiger partial charge in [-0.25, -0.2) is 4.68 Å². The van der Waals surface area contributed by atoms with Crippen molar-refractivity contribution in [3.05, 3.63) is 11.3 Å². The monoisotopic (exact) mass is 267 g/mol. The smallest absolute Gasteiger partial charge is 0.289 e. The summed E-state index contributed by atoms with van der Waals surface area (Å²) in [5, 5.41) is 18.2. The molecule has 2 aromatic rings. The van der Waals surface area contributed by atoms with Crippen molar-refractivity contribution in [2.75, 3.05) is 17.2 Å². The van der Waals surface area contributed by atoms with Crippen molar-refractivity contribution in [1.29, 1.82) is 0 Å². The number of anilines is 2. The number of carbonyl (C=O) groups excluding carboxylic acids is 1. The molecule has 0 bridgehead atoms. The van der Waals surface area contributed by atoms with Gasteiger partial charge in [0.25, 0.3) is 5.91 Å². The number of hydrogen-bond acceptors (Lipinski definition) is 7. The average Bonchev–Trinajstić information content (AvgIpc) is 2.97. The quantitative estimate of drug-likeness (QED) is 0.829. The van der Waals surface area contributed by atoms with Crippen LogP contribution in [0, 0.1) is 0 Å². The largest absolute Gasteiger partial charge is 0.360 e. The maximum absolute atomic E-state index is 11.8. The van der Waals surface area contributed by atoms with Crippen LogP contribution in [-0.2, 0) is 7.05 Å². The number of amides is 1. The zero-order chi connectivity index (χ0) is 13.0. The fourth-order valence-corrected chi connectivity index (χ4v) is 1.85. The lowest BCUT2D eigenvalue weighted by molar-refractivity contribution is 0.102. The molecule has 0 aliphatic rings. The molecule has 1 amide bonds. The maximum atomic E-state index is 11.8. The predicted octanol–water partition coefficient (Wildman–Crippen LogP) is 0.741. The van der Waals surface area contributed by atoms with Crippen LogP contribution >= 0.6 is 11.3 Å². The second-order valence-electron chi connectivity index (χ2n) is 3.50. The van der Waals surface area contributed by atoms with Crippen LogP contribution in [0.3, 0.4) is 0 Å². The van der Waals surface area contributed by atoms with Gasteiger partial charge in [0.15, 0.2) is 0 Å². The van der Waals surface area contributed by atoms with Crippen LogP contribution in [0.2, 0.25) is 0 Å². The van der Waals surface area contributed by atoms with Crippen LogP contribution in [0.25, 0.3) is 0 Å². The third kappa shape index (κ3) is 2.80. The number of nitrogens with one attached hydrogen (secondary N) is 2. The highest BCUT2D eigenvalue weighted by Crippen LogP contribution is 2.16. The Balaban J connectivity index is 2.01. The minimum Gasteiger partial charge on any atom is -0.360 e. The lowest BCUT2D eigenvalue weighted by atomic mass is 10.5. The number of nitrogens with zero attached hydrogens (tertiary/aromatic N) is 5. The Morgan fingerprint density at radius 2 is 2.33 bits per heavy atom. The van der Waals surface area contributed by atoms with E-state index in [9.17, 15) is 4.79 Å². The van der Waals surface area contributed by atoms with Gasteiger partial charge >= 0.3 is 0 Å². The number of carbonyl (C=O) groups is 1. The normalized spacial score (nSPS) is 10.3. The second kappa shape index (κ2) is 5.54. The Morgan fingerprint density at radius 1 is 1.50 bits per heavy atom. The molecule has 2 aromatic heterocycles. The second-order valence-corrected chi connectivity index (χ2v) is 4.48. The summed E-state index contributed by atoms with van der Waals surface area (Å²) in [5.74, 6) is 0.0337. The van der Waals surface area contributed by atoms with E-state index >= 15 is 0 Å². The molecule has 0 aliphatic carbocycles. The van der Waals surface area contributed by atoms with Gasteiger partial charge in [0, 0.05) is 13.6 Å². The van der Waals surface area contributed by atoms with Gasteiger partial charge in [-0.15, -0.1) is 10.2 Å². The summed E-state index contributed by atoms with van der Waals surface area (Å²) in [4.78, 5) is 15.7. The Hall–Kier alpha value is -2.03. The summed E-state index contributed by atoms with van der Waals surface area (Å²) in [6.45, 7) is 2.86. The highest BCUT2D eigenvalue weighted by molar-refractivity contribution is 7.17. The Bertz CT molecular complexity index is 535. The Kier molecular flexibility index (Phi) is 3.82. The van der Waals surface area contributed by atoms with Crippen LogP contribution in [-0.4, -0.2) is 37.4 Å². The molecule has 0 unspecified atom stereocenters. The molecule has 18 heavy (non-hydrogen) atoms. The zero-order valence-electron chi connectivity index (χ0n) is 10.0. The summed E-state index contributed by atoms with van der Waals surface area (Å²) in [6, 6.07) is 0. The van der Waals surface area contributed by atoms with Gasteiger partial charge in [-0.2, -0.15) is 10.1 Å². The molecule has 0 aromatic carbocycles. The molecule has 0 radical (unpaired) electrons. The summed E-state index contributed by atoms with van der Waals surface area (Å²) in [7, 11) is 1.69. The van der Waals surface area contributed by atoms with Gasteiger partial charge in [0.05, 0.1) is 0 Å². The van der Waals surface area contributed by atoms with Crippen LogP contribution < -0.4 is 10.6 Å². The molecule has 2 rings (SSSR count). The zero-order valence-corrected chi connectivity index (χ0v) is 10.9. The molecule has 0 spiro atoms. The van der Waals surface area contributed by atoms with E-state index < -0.39 is 0 Å². The van der Waals surface area contributed by atoms with Crippen molar-refractivity contribution < 1.29 is 4.79 Å². The van der Waals surface area contributed by atoms with Crippen LogP contribution in [0.1, 0.15) is 23.1 Å². The van der Waals surface area contributed by atoms with Crippen LogP contribution in [0.5, 0.6) is 0 Å². The first-order valence-corrected chi connectivity index (χ1v) is 6.25. The molecule has 2 N–H and O–H groups in total. The molecule has 2 heterocycles. The van der Waals surface area contributed by atoms with E-state index in [1.807, 2.05) is 0 Å². The minimum atomic E-state index is -0.340. The average molecular weight is 267 g/mol. The van der Waals surface area contributed by atoms with Gasteiger partial charge in [0.1, 0.15) is 6.33 Å². The molecule has 9 heteroatoms. The first-order valence-electron chi connectivity index (χ1n) is 5.43. The third-order valence-corrected chi connectivity index (χ3v) is 2.96.